The van der Waals surface area contributed by atoms with Crippen molar-refractivity contribution in [2.24, 2.45) is 0 Å². The lowest BCUT2D eigenvalue weighted by molar-refractivity contribution is -0.0664. The molecule has 0 saturated carbocycles. The van der Waals surface area contributed by atoms with Gasteiger partial charge in [-0.05, 0) is 51.6 Å². The van der Waals surface area contributed by atoms with Crippen molar-refractivity contribution in [1.82, 2.24) is 24.8 Å². The van der Waals surface area contributed by atoms with Crippen LogP contribution in [0.3, 0.4) is 0 Å². The minimum Gasteiger partial charge on any atom is -0.461 e. The molecular formula is C36H38ClF2N7O4. The summed E-state index contributed by atoms with van der Waals surface area (Å²) in [5.74, 6) is -1.00. The van der Waals surface area contributed by atoms with Gasteiger partial charge in [0.15, 0.2) is 5.82 Å². The highest BCUT2D eigenvalue weighted by atomic mass is 35.5. The zero-order valence-electron chi connectivity index (χ0n) is 28.2. The van der Waals surface area contributed by atoms with E-state index >= 15 is 4.39 Å². The Bertz CT molecular complexity index is 2000. The van der Waals surface area contributed by atoms with Crippen LogP contribution in [0.5, 0.6) is 6.01 Å². The third-order valence-electron chi connectivity index (χ3n) is 9.63. The van der Waals surface area contributed by atoms with Crippen molar-refractivity contribution in [3.8, 4) is 17.3 Å². The molecule has 5 heterocycles. The predicted molar refractivity (Wildman–Crippen MR) is 185 cm³/mol. The summed E-state index contributed by atoms with van der Waals surface area (Å²) < 4.78 is 49.3. The molecule has 3 aliphatic rings. The van der Waals surface area contributed by atoms with E-state index < -0.39 is 29.4 Å². The zero-order chi connectivity index (χ0) is 35.2. The topological polar surface area (TPSA) is 97.5 Å². The number of halogens is 3. The Labute approximate surface area is 293 Å². The molecular weight excluding hydrogens is 668 g/mol. The third kappa shape index (κ3) is 6.36. The predicted octanol–water partition coefficient (Wildman–Crippen LogP) is 6.37. The van der Waals surface area contributed by atoms with Gasteiger partial charge in [-0.3, -0.25) is 14.8 Å². The second-order valence-corrected chi connectivity index (χ2v) is 14.4. The number of fused-ring (bicyclic) bond motifs is 3. The van der Waals surface area contributed by atoms with Crippen molar-refractivity contribution in [3.63, 3.8) is 0 Å². The normalized spacial score (nSPS) is 21.3. The quantitative estimate of drug-likeness (QED) is 0.212. The van der Waals surface area contributed by atoms with Gasteiger partial charge < -0.3 is 24.0 Å². The van der Waals surface area contributed by atoms with Gasteiger partial charge in [0.05, 0.1) is 29.2 Å². The molecule has 2 aromatic carbocycles. The highest BCUT2D eigenvalue weighted by Gasteiger charge is 2.44. The fourth-order valence-electron chi connectivity index (χ4n) is 7.24. The molecule has 3 saturated heterocycles. The number of carbonyl (C=O) groups is 1. The SMILES string of the molecule is [C-]#[N+]C[C@H]1CN(c2nc(OCC34CCCN3CCOC4)nc3c(F)c(-c4cccc5ccc(F)c(Cl)c45)ncc23)CCN1C(=O)OC(C)(C)C. The number of hydrogen-bond donors (Lipinski definition) is 0. The molecule has 3 fully saturated rings. The van der Waals surface area contributed by atoms with Crippen molar-refractivity contribution in [2.75, 3.05) is 64.0 Å². The lowest BCUT2D eigenvalue weighted by atomic mass is 9.97. The minimum absolute atomic E-state index is 0.0198. The van der Waals surface area contributed by atoms with E-state index in [2.05, 4.69) is 19.7 Å². The summed E-state index contributed by atoms with van der Waals surface area (Å²) in [7, 11) is 0. The van der Waals surface area contributed by atoms with E-state index in [1.807, 2.05) is 4.90 Å². The van der Waals surface area contributed by atoms with Crippen LogP contribution in [0.15, 0.2) is 36.5 Å². The summed E-state index contributed by atoms with van der Waals surface area (Å²) in [4.78, 5) is 36.5. The molecule has 4 aromatic rings. The van der Waals surface area contributed by atoms with E-state index in [-0.39, 0.29) is 54.0 Å². The van der Waals surface area contributed by atoms with Crippen LogP contribution in [0.2, 0.25) is 5.02 Å². The second-order valence-electron chi connectivity index (χ2n) is 14.0. The summed E-state index contributed by atoms with van der Waals surface area (Å²) in [5.41, 5.74) is -0.797. The maximum absolute atomic E-state index is 16.9. The summed E-state index contributed by atoms with van der Waals surface area (Å²) in [5, 5.41) is 1.16. The molecule has 0 radical (unpaired) electrons. The smallest absolute Gasteiger partial charge is 0.410 e. The highest BCUT2D eigenvalue weighted by molar-refractivity contribution is 6.36. The second kappa shape index (κ2) is 13.4. The first kappa shape index (κ1) is 34.1. The minimum atomic E-state index is -0.740. The van der Waals surface area contributed by atoms with Gasteiger partial charge in [-0.15, -0.1) is 0 Å². The van der Waals surface area contributed by atoms with Gasteiger partial charge in [0.25, 0.3) is 0 Å². The van der Waals surface area contributed by atoms with Gasteiger partial charge in [-0.1, -0.05) is 35.9 Å². The van der Waals surface area contributed by atoms with Crippen LogP contribution in [0.4, 0.5) is 19.4 Å². The Morgan fingerprint density at radius 3 is 2.80 bits per heavy atom. The average Bonchev–Trinajstić information content (AvgIpc) is 3.52. The number of hydrogen-bond acceptors (Lipinski definition) is 9. The Kier molecular flexibility index (Phi) is 9.13. The van der Waals surface area contributed by atoms with E-state index in [0.29, 0.717) is 47.3 Å². The van der Waals surface area contributed by atoms with Crippen molar-refractivity contribution >= 4 is 45.2 Å². The van der Waals surface area contributed by atoms with Gasteiger partial charge >= 0.3 is 12.1 Å². The molecule has 262 valence electrons. The van der Waals surface area contributed by atoms with Crippen molar-refractivity contribution in [2.45, 2.75) is 50.8 Å². The summed E-state index contributed by atoms with van der Waals surface area (Å²) in [6.07, 6.45) is 2.90. The van der Waals surface area contributed by atoms with Gasteiger partial charge in [-0.2, -0.15) is 9.97 Å². The van der Waals surface area contributed by atoms with Crippen LogP contribution in [0, 0.1) is 18.2 Å². The molecule has 0 bridgehead atoms. The van der Waals surface area contributed by atoms with Crippen LogP contribution in [0.1, 0.15) is 33.6 Å². The third-order valence-corrected chi connectivity index (χ3v) is 10.0. The average molecular weight is 706 g/mol. The van der Waals surface area contributed by atoms with Gasteiger partial charge in [0.2, 0.25) is 6.54 Å². The van der Waals surface area contributed by atoms with Crippen molar-refractivity contribution in [1.29, 1.82) is 0 Å². The molecule has 7 rings (SSSR count). The standard InChI is InChI=1S/C36H38ClF2N7O4/c1-35(2,3)50-34(47)46-14-13-44(19-23(46)17-40-4)32-25-18-41-30(24-8-5-7-22-9-10-26(38)28(37)27(22)24)29(39)31(25)42-33(43-32)49-21-36-11-6-12-45(36)15-16-48-20-36/h5,7-10,18,23H,6,11-17,19-21H2,1-3H3/t23-,36?/m0/s1. The number of amides is 1. The lowest BCUT2D eigenvalue weighted by Crippen LogP contribution is -2.57. The summed E-state index contributed by atoms with van der Waals surface area (Å²) in [6.45, 7) is 17.0. The molecule has 0 N–H and O–H groups in total. The monoisotopic (exact) mass is 705 g/mol. The first-order valence-corrected chi connectivity index (χ1v) is 17.1. The fourth-order valence-corrected chi connectivity index (χ4v) is 7.51. The number of piperazine rings is 1. The van der Waals surface area contributed by atoms with Gasteiger partial charge in [0, 0.05) is 43.3 Å². The molecule has 11 nitrogen and oxygen atoms in total. The first-order chi connectivity index (χ1) is 24.0. The largest absolute Gasteiger partial charge is 0.461 e. The van der Waals surface area contributed by atoms with E-state index in [9.17, 15) is 9.18 Å². The number of aromatic nitrogens is 3. The molecule has 50 heavy (non-hydrogen) atoms. The number of rotatable bonds is 6. The highest BCUT2D eigenvalue weighted by Crippen LogP contribution is 2.39. The Morgan fingerprint density at radius 1 is 1.16 bits per heavy atom. The van der Waals surface area contributed by atoms with Crippen LogP contribution >= 0.6 is 11.6 Å². The Hall–Kier alpha value is -4.38. The van der Waals surface area contributed by atoms with Crippen molar-refractivity contribution < 1.29 is 27.8 Å². The Morgan fingerprint density at radius 2 is 2.00 bits per heavy atom. The number of ether oxygens (including phenoxy) is 3. The van der Waals surface area contributed by atoms with E-state index in [0.717, 1.165) is 25.9 Å². The number of anilines is 1. The van der Waals surface area contributed by atoms with E-state index in [4.69, 9.17) is 37.4 Å². The Balaban J connectivity index is 1.31. The number of carbonyl (C=O) groups excluding carboxylic acids is 1. The lowest BCUT2D eigenvalue weighted by Gasteiger charge is -2.41. The fraction of sp³-hybridized carbons (Fsp3) is 0.472. The molecule has 2 aromatic heterocycles. The number of benzene rings is 2. The van der Waals surface area contributed by atoms with Crippen LogP contribution in [-0.2, 0) is 9.47 Å². The summed E-state index contributed by atoms with van der Waals surface area (Å²) in [6, 6.07) is 7.47. The maximum atomic E-state index is 16.9. The van der Waals surface area contributed by atoms with Crippen LogP contribution in [0.25, 0.3) is 37.8 Å². The number of nitrogens with zero attached hydrogens (tertiary/aromatic N) is 7. The molecule has 0 aliphatic carbocycles. The molecule has 14 heteroatoms. The van der Waals surface area contributed by atoms with Gasteiger partial charge in [0.1, 0.15) is 41.1 Å². The zero-order valence-corrected chi connectivity index (χ0v) is 29.0. The maximum Gasteiger partial charge on any atom is 0.410 e. The molecule has 0 spiro atoms. The van der Waals surface area contributed by atoms with Gasteiger partial charge in [-0.25, -0.2) is 20.1 Å². The summed E-state index contributed by atoms with van der Waals surface area (Å²) >= 11 is 6.42. The van der Waals surface area contributed by atoms with Crippen molar-refractivity contribution in [3.05, 3.63) is 64.6 Å². The molecule has 3 aliphatic heterocycles. The molecule has 1 unspecified atom stereocenters. The first-order valence-electron chi connectivity index (χ1n) is 16.7. The molecule has 1 amide bonds. The number of pyridine rings is 1. The van der Waals surface area contributed by atoms with Crippen LogP contribution in [-0.4, -0.2) is 107 Å². The van der Waals surface area contributed by atoms with Crippen LogP contribution < -0.4 is 9.64 Å². The van der Waals surface area contributed by atoms with E-state index in [1.54, 1.807) is 49.9 Å². The number of morpholine rings is 1. The molecule has 2 atom stereocenters. The van der Waals surface area contributed by atoms with E-state index in [1.165, 1.54) is 12.3 Å².